The van der Waals surface area contributed by atoms with E-state index in [-0.39, 0.29) is 17.9 Å². The van der Waals surface area contributed by atoms with Gasteiger partial charge in [-0.25, -0.2) is 4.79 Å². The minimum Gasteiger partial charge on any atom is -0.371 e. The molecule has 1 saturated carbocycles. The maximum Gasteiger partial charge on any atom is 0.319 e. The van der Waals surface area contributed by atoms with Gasteiger partial charge in [-0.15, -0.1) is 11.8 Å². The number of nitrogens with zero attached hydrogens (tertiary/aromatic N) is 1. The number of Topliss-reactive ketones (excluding diaryl/α,β-unsaturated/α-hetero) is 1. The standard InChI is InChI=1S/C26H32N4O2S/c1-17(30-10-8-19(9-11-30)20-5-3-4-18(12-20)16-27)21-13-22(15-23(14-21)33-2)28-26(32)29-24-6-7-25(24)31/h3-5,12-15,19,24H,1,6-11,16,27H2,2H3,(H2,28,29,32). The summed E-state index contributed by atoms with van der Waals surface area (Å²) in [5, 5.41) is 5.63. The lowest BCUT2D eigenvalue weighted by atomic mass is 9.88. The van der Waals surface area contributed by atoms with Crippen molar-refractivity contribution in [3.63, 3.8) is 0 Å². The first-order valence-corrected chi connectivity index (χ1v) is 12.7. The van der Waals surface area contributed by atoms with Crippen molar-refractivity contribution in [2.24, 2.45) is 5.73 Å². The zero-order chi connectivity index (χ0) is 23.4. The van der Waals surface area contributed by atoms with Gasteiger partial charge in [0.2, 0.25) is 0 Å². The van der Waals surface area contributed by atoms with Gasteiger partial charge in [0.05, 0.1) is 6.04 Å². The second-order valence-corrected chi connectivity index (χ2v) is 9.64. The summed E-state index contributed by atoms with van der Waals surface area (Å²) in [5.41, 5.74) is 11.0. The average Bonchev–Trinajstić information content (AvgIpc) is 2.85. The SMILES string of the molecule is C=C(c1cc(NC(=O)NC2CCC2=O)cc(SC)c1)N1CCC(c2cccc(CN)c2)CC1. The zero-order valence-electron chi connectivity index (χ0n) is 19.1. The lowest BCUT2D eigenvalue weighted by molar-refractivity contribution is -0.126. The van der Waals surface area contributed by atoms with Gasteiger partial charge in [-0.05, 0) is 60.8 Å². The molecule has 6 nitrogen and oxygen atoms in total. The Morgan fingerprint density at radius 1 is 1.18 bits per heavy atom. The Balaban J connectivity index is 1.40. The molecule has 2 aromatic carbocycles. The van der Waals surface area contributed by atoms with Gasteiger partial charge in [0.1, 0.15) is 0 Å². The van der Waals surface area contributed by atoms with Gasteiger partial charge in [-0.1, -0.05) is 30.8 Å². The molecule has 0 aromatic heterocycles. The number of rotatable bonds is 7. The fraction of sp³-hybridized carbons (Fsp3) is 0.385. The molecule has 0 bridgehead atoms. The zero-order valence-corrected chi connectivity index (χ0v) is 19.9. The van der Waals surface area contributed by atoms with Gasteiger partial charge < -0.3 is 21.3 Å². The molecule has 2 aliphatic rings. The predicted molar refractivity (Wildman–Crippen MR) is 135 cm³/mol. The van der Waals surface area contributed by atoms with Crippen LogP contribution in [0.3, 0.4) is 0 Å². The number of benzene rings is 2. The number of hydrogen-bond acceptors (Lipinski definition) is 5. The summed E-state index contributed by atoms with van der Waals surface area (Å²) in [6.07, 6.45) is 5.41. The summed E-state index contributed by atoms with van der Waals surface area (Å²) in [4.78, 5) is 27.2. The number of carbonyl (C=O) groups excluding carboxylic acids is 2. The van der Waals surface area contributed by atoms with E-state index in [2.05, 4.69) is 52.4 Å². The van der Waals surface area contributed by atoms with E-state index < -0.39 is 0 Å². The molecule has 2 amide bonds. The number of nitrogens with one attached hydrogen (secondary N) is 2. The molecule has 174 valence electrons. The highest BCUT2D eigenvalue weighted by Crippen LogP contribution is 2.33. The van der Waals surface area contributed by atoms with Crippen LogP contribution in [0.15, 0.2) is 53.9 Å². The molecule has 2 fully saturated rings. The fourth-order valence-electron chi connectivity index (χ4n) is 4.48. The third kappa shape index (κ3) is 5.60. The van der Waals surface area contributed by atoms with Crippen LogP contribution in [0.4, 0.5) is 10.5 Å². The molecule has 4 rings (SSSR count). The van der Waals surface area contributed by atoms with Crippen LogP contribution in [0.2, 0.25) is 0 Å². The Morgan fingerprint density at radius 3 is 2.61 bits per heavy atom. The number of piperidine rings is 1. The number of thioether (sulfide) groups is 1. The molecular formula is C26H32N4O2S. The summed E-state index contributed by atoms with van der Waals surface area (Å²) in [5.74, 6) is 0.628. The molecule has 1 heterocycles. The van der Waals surface area contributed by atoms with Crippen molar-refractivity contribution in [1.82, 2.24) is 10.2 Å². The van der Waals surface area contributed by atoms with Crippen LogP contribution < -0.4 is 16.4 Å². The van der Waals surface area contributed by atoms with Crippen LogP contribution in [0.25, 0.3) is 5.70 Å². The molecule has 7 heteroatoms. The Bertz CT molecular complexity index is 1050. The highest BCUT2D eigenvalue weighted by molar-refractivity contribution is 7.98. The lowest BCUT2D eigenvalue weighted by Crippen LogP contribution is -2.48. The summed E-state index contributed by atoms with van der Waals surface area (Å²) in [6.45, 7) is 6.82. The van der Waals surface area contributed by atoms with Crippen molar-refractivity contribution in [1.29, 1.82) is 0 Å². The number of amides is 2. The molecule has 1 aliphatic carbocycles. The van der Waals surface area contributed by atoms with Crippen molar-refractivity contribution in [3.05, 3.63) is 65.7 Å². The third-order valence-corrected chi connectivity index (χ3v) is 7.35. The third-order valence-electron chi connectivity index (χ3n) is 6.64. The average molecular weight is 465 g/mol. The van der Waals surface area contributed by atoms with E-state index in [0.717, 1.165) is 42.1 Å². The summed E-state index contributed by atoms with van der Waals surface area (Å²) >= 11 is 1.62. The van der Waals surface area contributed by atoms with Gasteiger partial charge in [0.15, 0.2) is 5.78 Å². The van der Waals surface area contributed by atoms with Crippen molar-refractivity contribution < 1.29 is 9.59 Å². The molecule has 0 spiro atoms. The predicted octanol–water partition coefficient (Wildman–Crippen LogP) is 4.57. The number of ketones is 1. The van der Waals surface area contributed by atoms with Crippen LogP contribution in [0.1, 0.15) is 48.3 Å². The van der Waals surface area contributed by atoms with Gasteiger partial charge in [0.25, 0.3) is 0 Å². The quantitative estimate of drug-likeness (QED) is 0.523. The van der Waals surface area contributed by atoms with E-state index in [4.69, 9.17) is 5.73 Å². The Kier molecular flexibility index (Phi) is 7.40. The van der Waals surface area contributed by atoms with Gasteiger partial charge in [-0.2, -0.15) is 0 Å². The maximum atomic E-state index is 12.3. The first-order chi connectivity index (χ1) is 16.0. The molecule has 1 atom stereocenters. The van der Waals surface area contributed by atoms with Crippen LogP contribution in [0.5, 0.6) is 0 Å². The highest BCUT2D eigenvalue weighted by Gasteiger charge is 2.29. The van der Waals surface area contributed by atoms with Crippen LogP contribution in [0, 0.1) is 0 Å². The van der Waals surface area contributed by atoms with E-state index in [1.807, 2.05) is 18.4 Å². The monoisotopic (exact) mass is 464 g/mol. The van der Waals surface area contributed by atoms with E-state index in [1.165, 1.54) is 11.1 Å². The Labute approximate surface area is 200 Å². The van der Waals surface area contributed by atoms with Crippen molar-refractivity contribution >= 4 is 35.0 Å². The number of hydrogen-bond donors (Lipinski definition) is 3. The van der Waals surface area contributed by atoms with Gasteiger partial charge in [0, 0.05) is 47.9 Å². The first kappa shape index (κ1) is 23.4. The van der Waals surface area contributed by atoms with E-state index in [1.54, 1.807) is 11.8 Å². The van der Waals surface area contributed by atoms with Gasteiger partial charge in [-0.3, -0.25) is 4.79 Å². The second kappa shape index (κ2) is 10.4. The Hall–Kier alpha value is -2.77. The summed E-state index contributed by atoms with van der Waals surface area (Å²) in [6, 6.07) is 13.9. The van der Waals surface area contributed by atoms with Crippen LogP contribution >= 0.6 is 11.8 Å². The lowest BCUT2D eigenvalue weighted by Gasteiger charge is -2.35. The fourth-order valence-corrected chi connectivity index (χ4v) is 4.97. The largest absolute Gasteiger partial charge is 0.371 e. The molecular weight excluding hydrogens is 432 g/mol. The highest BCUT2D eigenvalue weighted by atomic mass is 32.2. The van der Waals surface area contributed by atoms with Crippen molar-refractivity contribution in [3.8, 4) is 0 Å². The Morgan fingerprint density at radius 2 is 1.97 bits per heavy atom. The maximum absolute atomic E-state index is 12.3. The second-order valence-electron chi connectivity index (χ2n) is 8.76. The minimum atomic E-state index is -0.352. The number of carbonyl (C=O) groups is 2. The van der Waals surface area contributed by atoms with Crippen LogP contribution in [-0.4, -0.2) is 42.1 Å². The molecule has 2 aromatic rings. The number of anilines is 1. The summed E-state index contributed by atoms with van der Waals surface area (Å²) in [7, 11) is 0. The van der Waals surface area contributed by atoms with Gasteiger partial charge >= 0.3 is 6.03 Å². The van der Waals surface area contributed by atoms with E-state index in [0.29, 0.717) is 31.0 Å². The number of likely N-dealkylation sites (tertiary alicyclic amines) is 1. The van der Waals surface area contributed by atoms with Crippen LogP contribution in [-0.2, 0) is 11.3 Å². The smallest absolute Gasteiger partial charge is 0.319 e. The first-order valence-electron chi connectivity index (χ1n) is 11.5. The number of nitrogens with two attached hydrogens (primary N) is 1. The number of urea groups is 1. The molecule has 33 heavy (non-hydrogen) atoms. The van der Waals surface area contributed by atoms with Crippen molar-refractivity contribution in [2.45, 2.75) is 49.1 Å². The van der Waals surface area contributed by atoms with E-state index >= 15 is 0 Å². The molecule has 1 saturated heterocycles. The minimum absolute atomic E-state index is 0.0928. The molecule has 1 aliphatic heterocycles. The molecule has 1 unspecified atom stereocenters. The van der Waals surface area contributed by atoms with Crippen molar-refractivity contribution in [2.75, 3.05) is 24.7 Å². The molecule has 4 N–H and O–H groups in total. The normalized spacial score (nSPS) is 18.5. The summed E-state index contributed by atoms with van der Waals surface area (Å²) < 4.78 is 0. The topological polar surface area (TPSA) is 87.5 Å². The van der Waals surface area contributed by atoms with E-state index in [9.17, 15) is 9.59 Å². The molecule has 0 radical (unpaired) electrons.